The van der Waals surface area contributed by atoms with Gasteiger partial charge in [0.05, 0.1) is 37.2 Å². The number of hydrogen-bond acceptors (Lipinski definition) is 7. The lowest BCUT2D eigenvalue weighted by atomic mass is 10.0. The number of fused-ring (bicyclic) bond motifs is 1. The Balaban J connectivity index is 1.66. The largest absolute Gasteiger partial charge is 0.464 e. The number of aromatic nitrogens is 2. The fourth-order valence-corrected chi connectivity index (χ4v) is 4.59. The molecule has 0 saturated carbocycles. The van der Waals surface area contributed by atoms with Gasteiger partial charge in [-0.05, 0) is 32.3 Å². The van der Waals surface area contributed by atoms with Crippen LogP contribution in [0.4, 0.5) is 11.4 Å². The molecule has 2 aliphatic heterocycles. The number of nitrogens with zero attached hydrogens (tertiary/aromatic N) is 3. The Morgan fingerprint density at radius 3 is 2.61 bits per heavy atom. The molecule has 2 N–H and O–H groups in total. The van der Waals surface area contributed by atoms with Crippen LogP contribution in [-0.2, 0) is 25.6 Å². The summed E-state index contributed by atoms with van der Waals surface area (Å²) in [5.74, 6) is -0.862. The van der Waals surface area contributed by atoms with Gasteiger partial charge in [-0.25, -0.2) is 9.78 Å². The van der Waals surface area contributed by atoms with Crippen LogP contribution in [0.15, 0.2) is 12.3 Å². The van der Waals surface area contributed by atoms with Gasteiger partial charge >= 0.3 is 5.97 Å². The standard InChI is InChI=1S/C23H31N5O5/c1-4-28-20(23(31)32-3)19(26-22(30)15-7-10-33-13-15)18-11-17(12-24-21(18)28)25-16-5-8-27(9-6-16)14(2)29/h11-12,15-16,25H,4-10,13H2,1-3H3,(H,26,30)/t15-/m0/s1. The Bertz CT molecular complexity index is 1050. The van der Waals surface area contributed by atoms with Crippen LogP contribution < -0.4 is 10.6 Å². The summed E-state index contributed by atoms with van der Waals surface area (Å²) in [6.07, 6.45) is 4.07. The van der Waals surface area contributed by atoms with Crippen molar-refractivity contribution in [2.75, 3.05) is 44.0 Å². The molecule has 0 aromatic carbocycles. The van der Waals surface area contributed by atoms with Crippen molar-refractivity contribution in [2.24, 2.45) is 5.92 Å². The lowest BCUT2D eigenvalue weighted by Crippen LogP contribution is -2.41. The van der Waals surface area contributed by atoms with Gasteiger partial charge in [0.1, 0.15) is 5.65 Å². The molecule has 2 aromatic heterocycles. The van der Waals surface area contributed by atoms with E-state index in [1.54, 1.807) is 17.7 Å². The summed E-state index contributed by atoms with van der Waals surface area (Å²) in [7, 11) is 1.32. The number of nitrogens with one attached hydrogen (secondary N) is 2. The van der Waals surface area contributed by atoms with Crippen LogP contribution in [-0.4, -0.2) is 71.7 Å². The summed E-state index contributed by atoms with van der Waals surface area (Å²) in [6, 6.07) is 2.13. The number of amides is 2. The van der Waals surface area contributed by atoms with Crippen LogP contribution in [0.1, 0.15) is 43.6 Å². The predicted octanol–water partition coefficient (Wildman–Crippen LogP) is 2.24. The predicted molar refractivity (Wildman–Crippen MR) is 123 cm³/mol. The van der Waals surface area contributed by atoms with Gasteiger partial charge in [-0.15, -0.1) is 0 Å². The number of carbonyl (C=O) groups is 3. The Morgan fingerprint density at radius 2 is 2.00 bits per heavy atom. The monoisotopic (exact) mass is 457 g/mol. The maximum atomic E-state index is 12.9. The number of ether oxygens (including phenoxy) is 2. The molecule has 2 aliphatic rings. The summed E-state index contributed by atoms with van der Waals surface area (Å²) in [6.45, 7) is 6.35. The topological polar surface area (TPSA) is 115 Å². The van der Waals surface area contributed by atoms with E-state index in [2.05, 4.69) is 15.6 Å². The van der Waals surface area contributed by atoms with Crippen molar-refractivity contribution < 1.29 is 23.9 Å². The number of likely N-dealkylation sites (tertiary alicyclic amines) is 1. The van der Waals surface area contributed by atoms with Crippen molar-refractivity contribution in [3.8, 4) is 0 Å². The number of pyridine rings is 1. The first-order valence-electron chi connectivity index (χ1n) is 11.4. The summed E-state index contributed by atoms with van der Waals surface area (Å²) in [4.78, 5) is 43.6. The van der Waals surface area contributed by atoms with Crippen molar-refractivity contribution >= 4 is 40.2 Å². The number of rotatable bonds is 6. The second kappa shape index (κ2) is 9.78. The maximum absolute atomic E-state index is 12.9. The number of methoxy groups -OCH3 is 1. The minimum Gasteiger partial charge on any atom is -0.464 e. The SMILES string of the molecule is CCn1c(C(=O)OC)c(NC(=O)[C@H]2CCOC2)c2cc(NC3CCN(C(C)=O)CC3)cnc21. The van der Waals surface area contributed by atoms with E-state index in [0.29, 0.717) is 56.0 Å². The second-order valence-corrected chi connectivity index (χ2v) is 8.53. The highest BCUT2D eigenvalue weighted by molar-refractivity contribution is 6.11. The van der Waals surface area contributed by atoms with E-state index < -0.39 is 5.97 Å². The van der Waals surface area contributed by atoms with Gasteiger partial charge in [0.15, 0.2) is 5.69 Å². The molecule has 33 heavy (non-hydrogen) atoms. The maximum Gasteiger partial charge on any atom is 0.356 e. The first-order chi connectivity index (χ1) is 15.9. The second-order valence-electron chi connectivity index (χ2n) is 8.53. The van der Waals surface area contributed by atoms with Crippen LogP contribution in [0.2, 0.25) is 0 Å². The average molecular weight is 458 g/mol. The number of carbonyl (C=O) groups excluding carboxylic acids is 3. The zero-order valence-corrected chi connectivity index (χ0v) is 19.3. The van der Waals surface area contributed by atoms with Crippen LogP contribution in [0.5, 0.6) is 0 Å². The molecule has 1 atom stereocenters. The Hall–Kier alpha value is -3.14. The van der Waals surface area contributed by atoms with Crippen molar-refractivity contribution in [1.82, 2.24) is 14.5 Å². The molecular formula is C23H31N5O5. The van der Waals surface area contributed by atoms with Gasteiger partial charge in [0, 0.05) is 44.6 Å². The summed E-state index contributed by atoms with van der Waals surface area (Å²) < 4.78 is 12.1. The molecule has 0 bridgehead atoms. The molecule has 178 valence electrons. The normalized spacial score (nSPS) is 19.0. The third-order valence-corrected chi connectivity index (χ3v) is 6.45. The van der Waals surface area contributed by atoms with Gasteiger partial charge in [0.2, 0.25) is 11.8 Å². The molecule has 4 rings (SSSR count). The number of anilines is 2. The van der Waals surface area contributed by atoms with Crippen molar-refractivity contribution in [3.63, 3.8) is 0 Å². The van der Waals surface area contributed by atoms with E-state index in [1.807, 2.05) is 17.9 Å². The Kier molecular flexibility index (Phi) is 6.83. The quantitative estimate of drug-likeness (QED) is 0.639. The molecule has 10 heteroatoms. The average Bonchev–Trinajstić information content (AvgIpc) is 3.46. The zero-order chi connectivity index (χ0) is 23.5. The van der Waals surface area contributed by atoms with E-state index in [4.69, 9.17) is 9.47 Å². The molecule has 4 heterocycles. The van der Waals surface area contributed by atoms with Crippen LogP contribution in [0.25, 0.3) is 11.0 Å². The molecule has 2 saturated heterocycles. The molecule has 2 fully saturated rings. The van der Waals surface area contributed by atoms with E-state index in [9.17, 15) is 14.4 Å². The molecule has 10 nitrogen and oxygen atoms in total. The lowest BCUT2D eigenvalue weighted by Gasteiger charge is -2.32. The number of hydrogen-bond donors (Lipinski definition) is 2. The number of piperidine rings is 1. The van der Waals surface area contributed by atoms with Crippen LogP contribution in [0, 0.1) is 5.92 Å². The summed E-state index contributed by atoms with van der Waals surface area (Å²) >= 11 is 0. The Morgan fingerprint density at radius 1 is 1.24 bits per heavy atom. The highest BCUT2D eigenvalue weighted by Gasteiger charge is 2.30. The third-order valence-electron chi connectivity index (χ3n) is 6.45. The minimum atomic E-state index is -0.529. The van der Waals surface area contributed by atoms with Crippen LogP contribution >= 0.6 is 0 Å². The van der Waals surface area contributed by atoms with Crippen molar-refractivity contribution in [3.05, 3.63) is 18.0 Å². The molecule has 0 unspecified atom stereocenters. The fourth-order valence-electron chi connectivity index (χ4n) is 4.59. The smallest absolute Gasteiger partial charge is 0.356 e. The number of esters is 1. The van der Waals surface area contributed by atoms with Gasteiger partial charge in [-0.2, -0.15) is 0 Å². The highest BCUT2D eigenvalue weighted by Crippen LogP contribution is 2.34. The molecule has 0 radical (unpaired) electrons. The molecule has 2 aromatic rings. The van der Waals surface area contributed by atoms with Gasteiger partial charge in [0.25, 0.3) is 0 Å². The summed E-state index contributed by atoms with van der Waals surface area (Å²) in [5, 5.41) is 7.14. The zero-order valence-electron chi connectivity index (χ0n) is 19.3. The number of aryl methyl sites for hydroxylation is 1. The van der Waals surface area contributed by atoms with E-state index >= 15 is 0 Å². The molecule has 0 aliphatic carbocycles. The van der Waals surface area contributed by atoms with Gasteiger partial charge < -0.3 is 29.6 Å². The summed E-state index contributed by atoms with van der Waals surface area (Å²) in [5.41, 5.74) is 2.10. The van der Waals surface area contributed by atoms with Gasteiger partial charge in [-0.3, -0.25) is 9.59 Å². The van der Waals surface area contributed by atoms with Gasteiger partial charge in [-0.1, -0.05) is 0 Å². The molecular weight excluding hydrogens is 426 g/mol. The fraction of sp³-hybridized carbons (Fsp3) is 0.565. The van der Waals surface area contributed by atoms with Crippen molar-refractivity contribution in [1.29, 1.82) is 0 Å². The minimum absolute atomic E-state index is 0.0980. The highest BCUT2D eigenvalue weighted by atomic mass is 16.5. The van der Waals surface area contributed by atoms with Crippen LogP contribution in [0.3, 0.4) is 0 Å². The lowest BCUT2D eigenvalue weighted by molar-refractivity contribution is -0.129. The molecule has 0 spiro atoms. The first kappa shape index (κ1) is 23.0. The van der Waals surface area contributed by atoms with E-state index in [-0.39, 0.29) is 29.5 Å². The first-order valence-corrected chi connectivity index (χ1v) is 11.4. The molecule has 2 amide bonds. The van der Waals surface area contributed by atoms with E-state index in [0.717, 1.165) is 18.5 Å². The van der Waals surface area contributed by atoms with E-state index in [1.165, 1.54) is 7.11 Å². The Labute approximate surface area is 192 Å². The van der Waals surface area contributed by atoms with Crippen molar-refractivity contribution in [2.45, 2.75) is 45.7 Å². The third kappa shape index (κ3) is 4.66.